The average molecular weight is 637 g/mol. The molecule has 7 nitrogen and oxygen atoms in total. The minimum atomic E-state index is -4.27. The third-order valence-electron chi connectivity index (χ3n) is 10.1. The van der Waals surface area contributed by atoms with Crippen LogP contribution in [0.1, 0.15) is 55.7 Å². The Morgan fingerprint density at radius 2 is 1.58 bits per heavy atom. The summed E-state index contributed by atoms with van der Waals surface area (Å²) in [4.78, 5) is 16.1. The van der Waals surface area contributed by atoms with E-state index in [1.807, 2.05) is 37.3 Å². The van der Waals surface area contributed by atoms with Crippen LogP contribution in [0.5, 0.6) is 0 Å². The van der Waals surface area contributed by atoms with Crippen LogP contribution in [-0.4, -0.2) is 73.7 Å². The number of rotatable bonds is 8. The molecule has 4 fully saturated rings. The van der Waals surface area contributed by atoms with Gasteiger partial charge in [0.25, 0.3) is 0 Å². The van der Waals surface area contributed by atoms with Crippen molar-refractivity contribution in [1.82, 2.24) is 4.90 Å². The molecule has 0 radical (unpaired) electrons. The number of fused-ring (bicyclic) bond motifs is 3. The maximum Gasteiger partial charge on any atom is 0.331 e. The zero-order valence-corrected chi connectivity index (χ0v) is 27.2. The van der Waals surface area contributed by atoms with Crippen LogP contribution in [-0.2, 0) is 31.6 Å². The predicted molar refractivity (Wildman–Crippen MR) is 171 cm³/mol. The lowest BCUT2D eigenvalue weighted by Gasteiger charge is -2.53. The number of piperidine rings is 4. The van der Waals surface area contributed by atoms with E-state index in [0.717, 1.165) is 87.0 Å². The van der Waals surface area contributed by atoms with Crippen LogP contribution in [0.15, 0.2) is 83.8 Å². The van der Waals surface area contributed by atoms with Gasteiger partial charge in [-0.05, 0) is 75.2 Å². The maximum atomic E-state index is 13.9. The fourth-order valence-corrected chi connectivity index (χ4v) is 7.65. The Hall–Kier alpha value is -3.11. The first-order chi connectivity index (χ1) is 21.5. The molecule has 45 heavy (non-hydrogen) atoms. The van der Waals surface area contributed by atoms with Crippen LogP contribution < -0.4 is 0 Å². The van der Waals surface area contributed by atoms with Crippen LogP contribution in [0.4, 0.5) is 4.39 Å². The first-order valence-electron chi connectivity index (χ1n) is 16.1. The lowest BCUT2D eigenvalue weighted by molar-refractivity contribution is -0.946. The van der Waals surface area contributed by atoms with Gasteiger partial charge in [-0.2, -0.15) is 0 Å². The van der Waals surface area contributed by atoms with Crippen molar-refractivity contribution >= 4 is 16.1 Å². The third kappa shape index (κ3) is 8.01. The molecule has 4 aliphatic rings. The van der Waals surface area contributed by atoms with Gasteiger partial charge >= 0.3 is 5.97 Å². The number of hydrogen-bond donors (Lipinski definition) is 0. The number of hydrogen-bond acceptors (Lipinski definition) is 6. The van der Waals surface area contributed by atoms with E-state index < -0.39 is 15.7 Å². The molecule has 7 rings (SSSR count). The molecule has 9 heteroatoms. The summed E-state index contributed by atoms with van der Waals surface area (Å²) < 4.78 is 51.9. The van der Waals surface area contributed by atoms with Crippen molar-refractivity contribution in [2.45, 2.75) is 68.9 Å². The van der Waals surface area contributed by atoms with Crippen molar-refractivity contribution in [2.75, 3.05) is 39.3 Å². The Labute approximate surface area is 267 Å². The van der Waals surface area contributed by atoms with Crippen molar-refractivity contribution in [3.63, 3.8) is 0 Å². The smallest absolute Gasteiger partial charge is 0.331 e. The van der Waals surface area contributed by atoms with Crippen LogP contribution >= 0.6 is 0 Å². The summed E-state index contributed by atoms with van der Waals surface area (Å²) in [6.07, 6.45) is 6.64. The summed E-state index contributed by atoms with van der Waals surface area (Å²) in [5.41, 5.74) is 2.39. The summed E-state index contributed by atoms with van der Waals surface area (Å²) in [7, 11) is -4.27. The van der Waals surface area contributed by atoms with Gasteiger partial charge in [0.1, 0.15) is 28.0 Å². The number of nitrogens with zero attached hydrogens (tertiary/aromatic N) is 2. The molecule has 0 saturated carbocycles. The number of carbonyl (C=O) groups is 1. The molecule has 0 N–H and O–H groups in total. The summed E-state index contributed by atoms with van der Waals surface area (Å²) >= 11 is 0. The molecule has 0 spiro atoms. The molecule has 2 bridgehead atoms. The van der Waals surface area contributed by atoms with E-state index in [-0.39, 0.29) is 22.8 Å². The van der Waals surface area contributed by atoms with Crippen molar-refractivity contribution in [3.05, 3.63) is 101 Å². The van der Waals surface area contributed by atoms with Gasteiger partial charge in [-0.25, -0.2) is 17.6 Å². The van der Waals surface area contributed by atoms with Gasteiger partial charge < -0.3 is 13.8 Å². The Morgan fingerprint density at radius 3 is 2.18 bits per heavy atom. The molecule has 0 aromatic heterocycles. The van der Waals surface area contributed by atoms with Gasteiger partial charge in [0.05, 0.1) is 24.5 Å². The topological polar surface area (TPSA) is 86.7 Å². The molecule has 4 aliphatic heterocycles. The van der Waals surface area contributed by atoms with Gasteiger partial charge in [0.2, 0.25) is 0 Å². The summed E-state index contributed by atoms with van der Waals surface area (Å²) in [5, 5.41) is 0. The lowest BCUT2D eigenvalue weighted by Crippen LogP contribution is -2.65. The Bertz CT molecular complexity index is 1520. The lowest BCUT2D eigenvalue weighted by atomic mass is 9.82. The fourth-order valence-electron chi connectivity index (χ4n) is 7.18. The summed E-state index contributed by atoms with van der Waals surface area (Å²) in [6, 6.07) is 22.9. The zero-order chi connectivity index (χ0) is 32.1. The van der Waals surface area contributed by atoms with E-state index in [0.29, 0.717) is 5.92 Å². The minimum Gasteiger partial charge on any atom is -0.744 e. The number of halogens is 1. The first-order valence-corrected chi connectivity index (χ1v) is 17.5. The SMILES string of the molecule is C[C@@](C(=O)OC1C[N+]2(CCc3ccc(F)cc3)CCC1CC2)(c1ccccc1)N1CCCCC1.Cc1ccc(S(=O)(=O)[O-])cc1. The molecule has 3 aromatic carbocycles. The summed E-state index contributed by atoms with van der Waals surface area (Å²) in [5.74, 6) is 0.198. The highest BCUT2D eigenvalue weighted by Crippen LogP contribution is 2.39. The Morgan fingerprint density at radius 1 is 0.956 bits per heavy atom. The monoisotopic (exact) mass is 636 g/mol. The number of quaternary nitrogens is 1. The van der Waals surface area contributed by atoms with Gasteiger partial charge in [0.15, 0.2) is 6.10 Å². The van der Waals surface area contributed by atoms with E-state index in [9.17, 15) is 22.2 Å². The van der Waals surface area contributed by atoms with Gasteiger partial charge in [-0.3, -0.25) is 4.90 Å². The van der Waals surface area contributed by atoms with Crippen LogP contribution in [0.3, 0.4) is 0 Å². The van der Waals surface area contributed by atoms with Crippen LogP contribution in [0, 0.1) is 18.7 Å². The Kier molecular flexibility index (Phi) is 10.4. The number of likely N-dealkylation sites (tertiary alicyclic amines) is 1. The average Bonchev–Trinajstić information content (AvgIpc) is 3.05. The molecular formula is C36H45FN2O5S. The zero-order valence-electron chi connectivity index (χ0n) is 26.4. The van der Waals surface area contributed by atoms with E-state index >= 15 is 0 Å². The number of ether oxygens (including phenoxy) is 1. The second-order valence-corrected chi connectivity index (χ2v) is 14.5. The maximum absolute atomic E-state index is 13.9. The largest absolute Gasteiger partial charge is 0.744 e. The van der Waals surface area contributed by atoms with E-state index in [4.69, 9.17) is 4.74 Å². The molecule has 2 atom stereocenters. The molecule has 4 saturated heterocycles. The second kappa shape index (κ2) is 14.1. The molecule has 1 unspecified atom stereocenters. The first kappa shape index (κ1) is 33.3. The fraction of sp³-hybridized carbons (Fsp3) is 0.472. The quantitative estimate of drug-likeness (QED) is 0.176. The summed E-state index contributed by atoms with van der Waals surface area (Å²) in [6.45, 7) is 10.00. The molecule has 4 heterocycles. The van der Waals surface area contributed by atoms with Crippen molar-refractivity contribution in [1.29, 1.82) is 0 Å². The standard InChI is InChI=1S/C29H38FN2O2.C7H8O3S/c1-29(25-8-4-2-5-9-25,31-17-6-3-7-18-31)28(33)34-27-22-32(20-15-24(27)16-21-32)19-14-23-10-12-26(30)13-11-23;1-6-2-4-7(5-3-6)11(8,9)10/h2,4-5,8-13,24,27H,3,6-7,14-22H2,1H3;2-5H,1H3,(H,8,9,10)/q+1;/p-1/t24?,27?,29-,32?;/m0./s1. The van der Waals surface area contributed by atoms with E-state index in [1.54, 1.807) is 24.3 Å². The van der Waals surface area contributed by atoms with Crippen LogP contribution in [0.25, 0.3) is 0 Å². The van der Waals surface area contributed by atoms with E-state index in [2.05, 4.69) is 24.0 Å². The highest BCUT2D eigenvalue weighted by atomic mass is 32.2. The number of carbonyl (C=O) groups excluding carboxylic acids is 1. The van der Waals surface area contributed by atoms with Crippen molar-refractivity contribution in [3.8, 4) is 0 Å². The van der Waals surface area contributed by atoms with Gasteiger partial charge in [-0.15, -0.1) is 0 Å². The van der Waals surface area contributed by atoms with E-state index in [1.165, 1.54) is 24.1 Å². The number of esters is 1. The molecule has 0 aliphatic carbocycles. The third-order valence-corrected chi connectivity index (χ3v) is 11.0. The normalized spacial score (nSPS) is 24.6. The van der Waals surface area contributed by atoms with Gasteiger partial charge in [-0.1, -0.05) is 66.6 Å². The molecular weight excluding hydrogens is 591 g/mol. The second-order valence-electron chi connectivity index (χ2n) is 13.1. The van der Waals surface area contributed by atoms with Crippen molar-refractivity contribution < 1.29 is 31.4 Å². The molecule has 242 valence electrons. The molecule has 0 amide bonds. The number of aryl methyl sites for hydroxylation is 1. The van der Waals surface area contributed by atoms with Crippen LogP contribution in [0.2, 0.25) is 0 Å². The number of benzene rings is 3. The van der Waals surface area contributed by atoms with Crippen molar-refractivity contribution in [2.24, 2.45) is 5.92 Å². The van der Waals surface area contributed by atoms with Gasteiger partial charge in [0, 0.05) is 25.2 Å². The Balaban J connectivity index is 0.000000309. The highest BCUT2D eigenvalue weighted by molar-refractivity contribution is 7.85. The molecule has 3 aromatic rings. The minimum absolute atomic E-state index is 0.0176. The highest BCUT2D eigenvalue weighted by Gasteiger charge is 2.50. The predicted octanol–water partition coefficient (Wildman–Crippen LogP) is 5.82.